The molecule has 4 rings (SSSR count). The molecular formula is C21H15N3O5. The number of carbonyl (C=O) groups is 2. The van der Waals surface area contributed by atoms with Gasteiger partial charge in [0.05, 0.1) is 17.6 Å². The minimum absolute atomic E-state index is 0.0154. The predicted octanol–water partition coefficient (Wildman–Crippen LogP) is 3.50. The number of nitrogens with zero attached hydrogens (tertiary/aromatic N) is 1. The standard InChI is InChI=1S/C21H15N3O5/c25-19(22-23-21(26)14-5-8-16(9-6-14)24(27)28)11-15-12-29-18-10-7-13-3-1-2-4-17(13)20(15)18/h1-10,12H,11H2,(H,22,25)(H,23,26). The summed E-state index contributed by atoms with van der Waals surface area (Å²) in [5, 5.41) is 13.5. The van der Waals surface area contributed by atoms with Crippen LogP contribution < -0.4 is 10.9 Å². The number of non-ortho nitro benzene ring substituents is 1. The first kappa shape index (κ1) is 18.2. The first-order valence-corrected chi connectivity index (χ1v) is 8.74. The SMILES string of the molecule is O=C(Cc1coc2ccc3ccccc3c12)NNC(=O)c1ccc([N+](=O)[O-])cc1. The number of hydrogen-bond acceptors (Lipinski definition) is 5. The van der Waals surface area contributed by atoms with E-state index < -0.39 is 16.7 Å². The van der Waals surface area contributed by atoms with Crippen LogP contribution in [0, 0.1) is 10.1 Å². The lowest BCUT2D eigenvalue weighted by molar-refractivity contribution is -0.384. The quantitative estimate of drug-likeness (QED) is 0.409. The van der Waals surface area contributed by atoms with Crippen molar-refractivity contribution < 1.29 is 18.9 Å². The Morgan fingerprint density at radius 1 is 0.966 bits per heavy atom. The number of hydrogen-bond donors (Lipinski definition) is 2. The number of carbonyl (C=O) groups excluding carboxylic acids is 2. The van der Waals surface area contributed by atoms with Crippen LogP contribution in [0.15, 0.2) is 71.3 Å². The van der Waals surface area contributed by atoms with Crippen molar-refractivity contribution in [2.75, 3.05) is 0 Å². The fraction of sp³-hybridized carbons (Fsp3) is 0.0476. The van der Waals surface area contributed by atoms with Crippen LogP contribution in [0.2, 0.25) is 0 Å². The van der Waals surface area contributed by atoms with E-state index in [9.17, 15) is 19.7 Å². The maximum absolute atomic E-state index is 12.3. The molecule has 29 heavy (non-hydrogen) atoms. The number of nitro groups is 1. The molecule has 4 aromatic rings. The monoisotopic (exact) mass is 389 g/mol. The molecule has 144 valence electrons. The molecule has 0 saturated heterocycles. The Morgan fingerprint density at radius 3 is 2.48 bits per heavy atom. The molecule has 1 aromatic heterocycles. The minimum Gasteiger partial charge on any atom is -0.464 e. The number of fused-ring (bicyclic) bond motifs is 3. The van der Waals surface area contributed by atoms with Gasteiger partial charge in [-0.1, -0.05) is 30.3 Å². The minimum atomic E-state index is -0.573. The van der Waals surface area contributed by atoms with Gasteiger partial charge in [-0.3, -0.25) is 30.6 Å². The summed E-state index contributed by atoms with van der Waals surface area (Å²) in [7, 11) is 0. The summed E-state index contributed by atoms with van der Waals surface area (Å²) < 4.78 is 5.56. The van der Waals surface area contributed by atoms with Gasteiger partial charge in [0.25, 0.3) is 11.6 Å². The van der Waals surface area contributed by atoms with E-state index in [1.165, 1.54) is 30.5 Å². The Labute approximate surface area is 164 Å². The lowest BCUT2D eigenvalue weighted by Crippen LogP contribution is -2.42. The highest BCUT2D eigenvalue weighted by Crippen LogP contribution is 2.30. The van der Waals surface area contributed by atoms with Crippen LogP contribution in [0.3, 0.4) is 0 Å². The van der Waals surface area contributed by atoms with Crippen molar-refractivity contribution in [3.63, 3.8) is 0 Å². The fourth-order valence-corrected chi connectivity index (χ4v) is 3.15. The van der Waals surface area contributed by atoms with E-state index in [0.717, 1.165) is 16.2 Å². The van der Waals surface area contributed by atoms with Gasteiger partial charge in [-0.05, 0) is 29.0 Å². The van der Waals surface area contributed by atoms with Crippen LogP contribution in [0.1, 0.15) is 15.9 Å². The molecule has 0 aliphatic rings. The van der Waals surface area contributed by atoms with Gasteiger partial charge >= 0.3 is 0 Å². The molecule has 2 amide bonds. The average molecular weight is 389 g/mol. The van der Waals surface area contributed by atoms with Crippen molar-refractivity contribution in [3.8, 4) is 0 Å². The third-order valence-electron chi connectivity index (χ3n) is 4.55. The summed E-state index contributed by atoms with van der Waals surface area (Å²) in [5.41, 5.74) is 6.12. The summed E-state index contributed by atoms with van der Waals surface area (Å²) >= 11 is 0. The number of amides is 2. The summed E-state index contributed by atoms with van der Waals surface area (Å²) in [4.78, 5) is 34.5. The third-order valence-corrected chi connectivity index (χ3v) is 4.55. The molecule has 3 aromatic carbocycles. The van der Waals surface area contributed by atoms with Gasteiger partial charge in [0.2, 0.25) is 5.91 Å². The van der Waals surface area contributed by atoms with Gasteiger partial charge in [-0.15, -0.1) is 0 Å². The lowest BCUT2D eigenvalue weighted by Gasteiger charge is -2.07. The number of benzene rings is 3. The lowest BCUT2D eigenvalue weighted by atomic mass is 10.0. The van der Waals surface area contributed by atoms with Crippen LogP contribution in [0.5, 0.6) is 0 Å². The Kier molecular flexibility index (Phi) is 4.66. The van der Waals surface area contributed by atoms with Crippen LogP contribution in [-0.4, -0.2) is 16.7 Å². The molecule has 0 fully saturated rings. The van der Waals surface area contributed by atoms with Crippen molar-refractivity contribution in [2.45, 2.75) is 6.42 Å². The molecule has 8 nitrogen and oxygen atoms in total. The van der Waals surface area contributed by atoms with Gasteiger partial charge in [-0.25, -0.2) is 0 Å². The summed E-state index contributed by atoms with van der Waals surface area (Å²) in [6.45, 7) is 0. The number of nitro benzene ring substituents is 1. The van der Waals surface area contributed by atoms with E-state index in [1.54, 1.807) is 0 Å². The van der Waals surface area contributed by atoms with E-state index in [1.807, 2.05) is 36.4 Å². The van der Waals surface area contributed by atoms with Gasteiger partial charge in [0.15, 0.2) is 0 Å². The Bertz CT molecular complexity index is 1240. The average Bonchev–Trinajstić information content (AvgIpc) is 3.15. The smallest absolute Gasteiger partial charge is 0.269 e. The molecule has 0 aliphatic heterocycles. The summed E-state index contributed by atoms with van der Waals surface area (Å²) in [5.74, 6) is -0.994. The van der Waals surface area contributed by atoms with Crippen molar-refractivity contribution in [2.24, 2.45) is 0 Å². The van der Waals surface area contributed by atoms with Crippen LogP contribution >= 0.6 is 0 Å². The molecular weight excluding hydrogens is 374 g/mol. The second-order valence-corrected chi connectivity index (χ2v) is 6.40. The first-order valence-electron chi connectivity index (χ1n) is 8.74. The number of nitrogens with one attached hydrogen (secondary N) is 2. The second kappa shape index (κ2) is 7.43. The highest BCUT2D eigenvalue weighted by atomic mass is 16.6. The van der Waals surface area contributed by atoms with Gasteiger partial charge < -0.3 is 4.42 Å². The zero-order valence-electron chi connectivity index (χ0n) is 15.0. The zero-order chi connectivity index (χ0) is 20.4. The third kappa shape index (κ3) is 3.63. The van der Waals surface area contributed by atoms with Crippen LogP contribution in [0.25, 0.3) is 21.7 Å². The molecule has 1 heterocycles. The molecule has 0 saturated carbocycles. The maximum Gasteiger partial charge on any atom is 0.269 e. The van der Waals surface area contributed by atoms with E-state index in [0.29, 0.717) is 11.1 Å². The summed E-state index contributed by atoms with van der Waals surface area (Å²) in [6.07, 6.45) is 1.55. The molecule has 8 heteroatoms. The van der Waals surface area contributed by atoms with Gasteiger partial charge in [0, 0.05) is 28.6 Å². The van der Waals surface area contributed by atoms with E-state index in [4.69, 9.17) is 4.42 Å². The Morgan fingerprint density at radius 2 is 1.72 bits per heavy atom. The Balaban J connectivity index is 1.45. The largest absolute Gasteiger partial charge is 0.464 e. The fourth-order valence-electron chi connectivity index (χ4n) is 3.15. The molecule has 0 unspecified atom stereocenters. The Hall–Kier alpha value is -4.20. The van der Waals surface area contributed by atoms with E-state index in [-0.39, 0.29) is 17.7 Å². The zero-order valence-corrected chi connectivity index (χ0v) is 15.0. The van der Waals surface area contributed by atoms with Gasteiger partial charge in [-0.2, -0.15) is 0 Å². The molecule has 0 atom stereocenters. The molecule has 0 bridgehead atoms. The van der Waals surface area contributed by atoms with Gasteiger partial charge in [0.1, 0.15) is 5.58 Å². The normalized spacial score (nSPS) is 10.8. The predicted molar refractivity (Wildman–Crippen MR) is 106 cm³/mol. The first-order chi connectivity index (χ1) is 14.0. The van der Waals surface area contributed by atoms with E-state index >= 15 is 0 Å². The highest BCUT2D eigenvalue weighted by molar-refractivity contribution is 6.08. The number of furan rings is 1. The van der Waals surface area contributed by atoms with Crippen molar-refractivity contribution >= 4 is 39.2 Å². The van der Waals surface area contributed by atoms with Crippen molar-refractivity contribution in [3.05, 3.63) is 88.2 Å². The number of rotatable bonds is 4. The molecule has 0 aliphatic carbocycles. The van der Waals surface area contributed by atoms with Crippen molar-refractivity contribution in [1.82, 2.24) is 10.9 Å². The molecule has 0 spiro atoms. The van der Waals surface area contributed by atoms with Crippen LogP contribution in [0.4, 0.5) is 5.69 Å². The molecule has 2 N–H and O–H groups in total. The highest BCUT2D eigenvalue weighted by Gasteiger charge is 2.14. The summed E-state index contributed by atoms with van der Waals surface area (Å²) in [6, 6.07) is 16.7. The van der Waals surface area contributed by atoms with Crippen LogP contribution in [-0.2, 0) is 11.2 Å². The van der Waals surface area contributed by atoms with E-state index in [2.05, 4.69) is 10.9 Å². The number of hydrazine groups is 1. The second-order valence-electron chi connectivity index (χ2n) is 6.40. The topological polar surface area (TPSA) is 114 Å². The maximum atomic E-state index is 12.3. The molecule has 0 radical (unpaired) electrons. The van der Waals surface area contributed by atoms with Crippen molar-refractivity contribution in [1.29, 1.82) is 0 Å².